The molecule has 1 atom stereocenters. The molecule has 0 bridgehead atoms. The average Bonchev–Trinajstić information content (AvgIpc) is 2.28. The first-order chi connectivity index (χ1) is 8.08. The van der Waals surface area contributed by atoms with Crippen molar-refractivity contribution in [3.8, 4) is 0 Å². The van der Waals surface area contributed by atoms with Crippen LogP contribution < -0.4 is 5.73 Å². The van der Waals surface area contributed by atoms with Crippen LogP contribution in [0.1, 0.15) is 22.7 Å². The molecule has 0 aliphatic carbocycles. The highest BCUT2D eigenvalue weighted by Gasteiger charge is 2.13. The molecule has 1 aromatic heterocycles. The summed E-state index contributed by atoms with van der Waals surface area (Å²) in [5.74, 6) is -0.367. The van der Waals surface area contributed by atoms with E-state index >= 15 is 0 Å². The Morgan fingerprint density at radius 3 is 2.71 bits per heavy atom. The van der Waals surface area contributed by atoms with Gasteiger partial charge >= 0.3 is 0 Å². The van der Waals surface area contributed by atoms with Gasteiger partial charge in [0.15, 0.2) is 0 Å². The highest BCUT2D eigenvalue weighted by molar-refractivity contribution is 6.31. The van der Waals surface area contributed by atoms with Gasteiger partial charge in [0, 0.05) is 17.4 Å². The fourth-order valence-corrected chi connectivity index (χ4v) is 1.97. The third-order valence-corrected chi connectivity index (χ3v) is 2.88. The minimum Gasteiger partial charge on any atom is -0.320 e. The first-order valence-electron chi connectivity index (χ1n) is 5.20. The predicted molar refractivity (Wildman–Crippen MR) is 66.4 cm³/mol. The Bertz CT molecular complexity index is 543. The van der Waals surface area contributed by atoms with Gasteiger partial charge < -0.3 is 5.73 Å². The molecule has 2 rings (SSSR count). The Morgan fingerprint density at radius 1 is 1.29 bits per heavy atom. The number of aromatic nitrogens is 1. The summed E-state index contributed by atoms with van der Waals surface area (Å²) in [5.41, 5.74) is 8.67. The smallest absolute Gasteiger partial charge is 0.124 e. The Balaban J connectivity index is 2.40. The Kier molecular flexibility index (Phi) is 3.41. The number of benzene rings is 1. The molecule has 2 nitrogen and oxygen atoms in total. The van der Waals surface area contributed by atoms with Crippen molar-refractivity contribution in [3.05, 3.63) is 64.2 Å². The van der Waals surface area contributed by atoms with E-state index in [1.165, 1.54) is 12.1 Å². The minimum atomic E-state index is -0.393. The Hall–Kier alpha value is -1.45. The maximum atomic E-state index is 12.9. The normalized spacial score (nSPS) is 12.5. The van der Waals surface area contributed by atoms with Crippen molar-refractivity contribution in [2.45, 2.75) is 13.0 Å². The summed E-state index contributed by atoms with van der Waals surface area (Å²) in [6.07, 6.45) is 3.44. The van der Waals surface area contributed by atoms with Crippen molar-refractivity contribution in [3.63, 3.8) is 0 Å². The summed E-state index contributed by atoms with van der Waals surface area (Å²) in [7, 11) is 0. The monoisotopic (exact) mass is 250 g/mol. The SMILES string of the molecule is Cc1cncc(C(N)c2ccc(F)cc2Cl)c1. The second kappa shape index (κ2) is 4.82. The predicted octanol–water partition coefficient (Wildman–Crippen LogP) is 3.23. The minimum absolute atomic E-state index is 0.332. The quantitative estimate of drug-likeness (QED) is 0.889. The molecule has 0 saturated heterocycles. The van der Waals surface area contributed by atoms with Gasteiger partial charge in [-0.15, -0.1) is 0 Å². The van der Waals surface area contributed by atoms with Crippen molar-refractivity contribution < 1.29 is 4.39 Å². The van der Waals surface area contributed by atoms with E-state index in [2.05, 4.69) is 4.98 Å². The zero-order valence-corrected chi connectivity index (χ0v) is 10.1. The van der Waals surface area contributed by atoms with Crippen molar-refractivity contribution in [1.82, 2.24) is 4.98 Å². The van der Waals surface area contributed by atoms with Crippen LogP contribution in [-0.4, -0.2) is 4.98 Å². The van der Waals surface area contributed by atoms with Gasteiger partial charge in [0.25, 0.3) is 0 Å². The summed E-state index contributed by atoms with van der Waals surface area (Å²) in [6, 6.07) is 5.77. The van der Waals surface area contributed by atoms with Gasteiger partial charge in [-0.05, 0) is 35.7 Å². The van der Waals surface area contributed by atoms with Gasteiger partial charge in [-0.2, -0.15) is 0 Å². The van der Waals surface area contributed by atoms with Crippen LogP contribution >= 0.6 is 11.6 Å². The highest BCUT2D eigenvalue weighted by atomic mass is 35.5. The van der Waals surface area contributed by atoms with Gasteiger partial charge in [-0.3, -0.25) is 4.98 Å². The highest BCUT2D eigenvalue weighted by Crippen LogP contribution is 2.27. The van der Waals surface area contributed by atoms with E-state index in [0.29, 0.717) is 10.6 Å². The Labute approximate surface area is 104 Å². The third-order valence-electron chi connectivity index (χ3n) is 2.55. The molecule has 0 aliphatic rings. The van der Waals surface area contributed by atoms with E-state index in [-0.39, 0.29) is 5.82 Å². The summed E-state index contributed by atoms with van der Waals surface area (Å²) in [6.45, 7) is 1.94. The molecule has 0 spiro atoms. The van der Waals surface area contributed by atoms with E-state index in [1.54, 1.807) is 18.5 Å². The molecule has 2 aromatic rings. The summed E-state index contributed by atoms with van der Waals surface area (Å²) in [4.78, 5) is 4.08. The lowest BCUT2D eigenvalue weighted by molar-refractivity contribution is 0.626. The molecule has 1 heterocycles. The van der Waals surface area contributed by atoms with Crippen LogP contribution in [0.4, 0.5) is 4.39 Å². The fraction of sp³-hybridized carbons (Fsp3) is 0.154. The van der Waals surface area contributed by atoms with Gasteiger partial charge in [-0.1, -0.05) is 23.7 Å². The molecule has 0 saturated carbocycles. The molecule has 0 aliphatic heterocycles. The molecule has 1 aromatic carbocycles. The van der Waals surface area contributed by atoms with E-state index in [1.807, 2.05) is 13.0 Å². The molecule has 88 valence electrons. The molecular weight excluding hydrogens is 239 g/mol. The lowest BCUT2D eigenvalue weighted by atomic mass is 10.00. The number of aryl methyl sites for hydroxylation is 1. The lowest BCUT2D eigenvalue weighted by Gasteiger charge is -2.14. The van der Waals surface area contributed by atoms with Crippen LogP contribution in [0, 0.1) is 12.7 Å². The Morgan fingerprint density at radius 2 is 2.06 bits per heavy atom. The zero-order chi connectivity index (χ0) is 12.4. The van der Waals surface area contributed by atoms with Crippen LogP contribution in [0.25, 0.3) is 0 Å². The van der Waals surface area contributed by atoms with E-state index < -0.39 is 6.04 Å². The van der Waals surface area contributed by atoms with Crippen molar-refractivity contribution in [2.24, 2.45) is 5.73 Å². The molecule has 1 unspecified atom stereocenters. The number of hydrogen-bond acceptors (Lipinski definition) is 2. The standard InChI is InChI=1S/C13H12ClFN2/c1-8-4-9(7-17-6-8)13(16)11-3-2-10(15)5-12(11)14/h2-7,13H,16H2,1H3. The largest absolute Gasteiger partial charge is 0.320 e. The van der Waals surface area contributed by atoms with Crippen molar-refractivity contribution in [1.29, 1.82) is 0 Å². The van der Waals surface area contributed by atoms with Crippen LogP contribution in [0.15, 0.2) is 36.7 Å². The summed E-state index contributed by atoms with van der Waals surface area (Å²) >= 11 is 5.97. The maximum Gasteiger partial charge on any atom is 0.124 e. The molecule has 0 amide bonds. The maximum absolute atomic E-state index is 12.9. The molecule has 0 fully saturated rings. The number of pyridine rings is 1. The first kappa shape index (κ1) is 12.0. The topological polar surface area (TPSA) is 38.9 Å². The molecule has 4 heteroatoms. The van der Waals surface area contributed by atoms with Gasteiger partial charge in [0.1, 0.15) is 5.82 Å². The number of halogens is 2. The van der Waals surface area contributed by atoms with Gasteiger partial charge in [0.2, 0.25) is 0 Å². The number of nitrogens with zero attached hydrogens (tertiary/aromatic N) is 1. The van der Waals surface area contributed by atoms with Gasteiger partial charge in [-0.25, -0.2) is 4.39 Å². The third kappa shape index (κ3) is 2.62. The lowest BCUT2D eigenvalue weighted by Crippen LogP contribution is -2.13. The number of nitrogens with two attached hydrogens (primary N) is 1. The zero-order valence-electron chi connectivity index (χ0n) is 9.32. The van der Waals surface area contributed by atoms with Crippen LogP contribution in [-0.2, 0) is 0 Å². The van der Waals surface area contributed by atoms with E-state index in [9.17, 15) is 4.39 Å². The second-order valence-corrected chi connectivity index (χ2v) is 4.35. The van der Waals surface area contributed by atoms with Crippen molar-refractivity contribution >= 4 is 11.6 Å². The molecular formula is C13H12ClFN2. The first-order valence-corrected chi connectivity index (χ1v) is 5.58. The molecule has 0 radical (unpaired) electrons. The summed E-state index contributed by atoms with van der Waals surface area (Å²) in [5, 5.41) is 0.332. The average molecular weight is 251 g/mol. The number of hydrogen-bond donors (Lipinski definition) is 1. The molecule has 17 heavy (non-hydrogen) atoms. The van der Waals surface area contributed by atoms with Crippen LogP contribution in [0.3, 0.4) is 0 Å². The van der Waals surface area contributed by atoms with E-state index in [0.717, 1.165) is 11.1 Å². The number of rotatable bonds is 2. The molecule has 2 N–H and O–H groups in total. The summed E-state index contributed by atoms with van der Waals surface area (Å²) < 4.78 is 12.9. The van der Waals surface area contributed by atoms with Crippen LogP contribution in [0.2, 0.25) is 5.02 Å². The van der Waals surface area contributed by atoms with Crippen LogP contribution in [0.5, 0.6) is 0 Å². The second-order valence-electron chi connectivity index (χ2n) is 3.94. The van der Waals surface area contributed by atoms with Gasteiger partial charge in [0.05, 0.1) is 6.04 Å². The fourth-order valence-electron chi connectivity index (χ4n) is 1.68. The van der Waals surface area contributed by atoms with E-state index in [4.69, 9.17) is 17.3 Å². The van der Waals surface area contributed by atoms with Crippen molar-refractivity contribution in [2.75, 3.05) is 0 Å².